The number of fused-ring (bicyclic) bond motifs is 1. The molecule has 152 valence electrons. The highest BCUT2D eigenvalue weighted by Gasteiger charge is 2.15. The van der Waals surface area contributed by atoms with Crippen LogP contribution in [0.3, 0.4) is 0 Å². The van der Waals surface area contributed by atoms with E-state index >= 15 is 0 Å². The van der Waals surface area contributed by atoms with Crippen LogP contribution >= 0.6 is 0 Å². The largest absolute Gasteiger partial charge is 0.493 e. The third kappa shape index (κ3) is 5.01. The maximum absolute atomic E-state index is 5.80. The molecule has 4 rings (SSSR count). The normalized spacial score (nSPS) is 16.9. The minimum atomic E-state index is 0.503. The van der Waals surface area contributed by atoms with Gasteiger partial charge >= 0.3 is 0 Å². The summed E-state index contributed by atoms with van der Waals surface area (Å²) >= 11 is 0. The minimum absolute atomic E-state index is 0.503. The second kappa shape index (κ2) is 9.18. The molecule has 1 atom stereocenters. The Balaban J connectivity index is 1.57. The lowest BCUT2D eigenvalue weighted by Crippen LogP contribution is -2.33. The summed E-state index contributed by atoms with van der Waals surface area (Å²) in [5, 5.41) is 7.00. The van der Waals surface area contributed by atoms with E-state index in [2.05, 4.69) is 46.6 Å². The molecule has 2 aromatic heterocycles. The SMILES string of the molecule is CC(C)COc1ccc(-c2cc3nccnc3c(NCC3CCCNC3)n2)cc1. The fourth-order valence-electron chi connectivity index (χ4n) is 3.57. The summed E-state index contributed by atoms with van der Waals surface area (Å²) in [6, 6.07) is 10.1. The van der Waals surface area contributed by atoms with Crippen molar-refractivity contribution in [2.45, 2.75) is 26.7 Å². The first-order chi connectivity index (χ1) is 14.2. The maximum Gasteiger partial charge on any atom is 0.154 e. The lowest BCUT2D eigenvalue weighted by atomic mass is 10.00. The van der Waals surface area contributed by atoms with Gasteiger partial charge in [0.25, 0.3) is 0 Å². The molecular formula is C23H29N5O. The predicted molar refractivity (Wildman–Crippen MR) is 117 cm³/mol. The second-order valence-electron chi connectivity index (χ2n) is 8.10. The summed E-state index contributed by atoms with van der Waals surface area (Å²) in [7, 11) is 0. The summed E-state index contributed by atoms with van der Waals surface area (Å²) in [4.78, 5) is 13.9. The van der Waals surface area contributed by atoms with Crippen molar-refractivity contribution in [1.82, 2.24) is 20.3 Å². The molecule has 3 heterocycles. The van der Waals surface area contributed by atoms with Crippen LogP contribution in [0, 0.1) is 11.8 Å². The molecule has 1 aliphatic heterocycles. The molecule has 6 nitrogen and oxygen atoms in total. The lowest BCUT2D eigenvalue weighted by molar-refractivity contribution is 0.271. The summed E-state index contributed by atoms with van der Waals surface area (Å²) in [5.41, 5.74) is 3.59. The number of hydrogen-bond donors (Lipinski definition) is 2. The molecule has 0 saturated carbocycles. The number of hydrogen-bond acceptors (Lipinski definition) is 6. The molecule has 1 aliphatic rings. The Morgan fingerprint density at radius 1 is 1.17 bits per heavy atom. The molecule has 0 spiro atoms. The average Bonchev–Trinajstić information content (AvgIpc) is 2.77. The Hall–Kier alpha value is -2.73. The number of nitrogens with zero attached hydrogens (tertiary/aromatic N) is 3. The van der Waals surface area contributed by atoms with Crippen LogP contribution in [0.5, 0.6) is 5.75 Å². The second-order valence-corrected chi connectivity index (χ2v) is 8.10. The van der Waals surface area contributed by atoms with Gasteiger partial charge in [-0.3, -0.25) is 4.98 Å². The monoisotopic (exact) mass is 391 g/mol. The fourth-order valence-corrected chi connectivity index (χ4v) is 3.57. The predicted octanol–water partition coefficient (Wildman–Crippen LogP) is 4.14. The third-order valence-corrected chi connectivity index (χ3v) is 5.15. The Morgan fingerprint density at radius 2 is 2.00 bits per heavy atom. The van der Waals surface area contributed by atoms with E-state index in [4.69, 9.17) is 9.72 Å². The van der Waals surface area contributed by atoms with Gasteiger partial charge in [-0.05, 0) is 68.1 Å². The van der Waals surface area contributed by atoms with E-state index < -0.39 is 0 Å². The van der Waals surface area contributed by atoms with Crippen LogP contribution in [-0.4, -0.2) is 41.2 Å². The first-order valence-corrected chi connectivity index (χ1v) is 10.5. The topological polar surface area (TPSA) is 72.0 Å². The molecular weight excluding hydrogens is 362 g/mol. The summed E-state index contributed by atoms with van der Waals surface area (Å²) in [6.45, 7) is 8.06. The fraction of sp³-hybridized carbons (Fsp3) is 0.435. The van der Waals surface area contributed by atoms with Gasteiger partial charge in [-0.2, -0.15) is 0 Å². The quantitative estimate of drug-likeness (QED) is 0.631. The van der Waals surface area contributed by atoms with E-state index in [1.807, 2.05) is 18.2 Å². The van der Waals surface area contributed by atoms with Crippen LogP contribution in [0.15, 0.2) is 42.7 Å². The molecule has 1 aromatic carbocycles. The van der Waals surface area contributed by atoms with Crippen molar-refractivity contribution in [3.63, 3.8) is 0 Å². The van der Waals surface area contributed by atoms with Crippen molar-refractivity contribution in [3.05, 3.63) is 42.7 Å². The van der Waals surface area contributed by atoms with Crippen LogP contribution in [0.4, 0.5) is 5.82 Å². The van der Waals surface area contributed by atoms with Crippen LogP contribution < -0.4 is 15.4 Å². The van der Waals surface area contributed by atoms with Crippen molar-refractivity contribution < 1.29 is 4.74 Å². The molecule has 1 saturated heterocycles. The van der Waals surface area contributed by atoms with E-state index in [9.17, 15) is 0 Å². The Labute approximate surface area is 172 Å². The van der Waals surface area contributed by atoms with Crippen LogP contribution in [0.1, 0.15) is 26.7 Å². The number of ether oxygens (including phenoxy) is 1. The van der Waals surface area contributed by atoms with E-state index in [1.54, 1.807) is 12.4 Å². The van der Waals surface area contributed by atoms with Gasteiger partial charge in [0.05, 0.1) is 17.8 Å². The van der Waals surface area contributed by atoms with Gasteiger partial charge < -0.3 is 15.4 Å². The number of anilines is 1. The molecule has 1 unspecified atom stereocenters. The van der Waals surface area contributed by atoms with Gasteiger partial charge in [0.1, 0.15) is 11.3 Å². The van der Waals surface area contributed by atoms with Crippen molar-refractivity contribution in [1.29, 1.82) is 0 Å². The third-order valence-electron chi connectivity index (χ3n) is 5.15. The number of piperidine rings is 1. The van der Waals surface area contributed by atoms with Crippen molar-refractivity contribution in [2.24, 2.45) is 11.8 Å². The van der Waals surface area contributed by atoms with Crippen LogP contribution in [0.2, 0.25) is 0 Å². The zero-order valence-electron chi connectivity index (χ0n) is 17.2. The van der Waals surface area contributed by atoms with Gasteiger partial charge in [0, 0.05) is 24.5 Å². The molecule has 2 N–H and O–H groups in total. The highest BCUT2D eigenvalue weighted by molar-refractivity contribution is 5.88. The van der Waals surface area contributed by atoms with Crippen molar-refractivity contribution in [2.75, 3.05) is 31.6 Å². The van der Waals surface area contributed by atoms with Gasteiger partial charge in [-0.25, -0.2) is 9.97 Å². The Morgan fingerprint density at radius 3 is 2.76 bits per heavy atom. The summed E-state index contributed by atoms with van der Waals surface area (Å²) in [5.74, 6) is 2.80. The maximum atomic E-state index is 5.80. The zero-order chi connectivity index (χ0) is 20.1. The van der Waals surface area contributed by atoms with Crippen LogP contribution in [0.25, 0.3) is 22.3 Å². The molecule has 0 aliphatic carbocycles. The standard InChI is InChI=1S/C23H29N5O/c1-16(2)15-29-19-7-5-18(6-8-19)20-12-21-22(26-11-10-25-21)23(28-20)27-14-17-4-3-9-24-13-17/h5-8,10-12,16-17,24H,3-4,9,13-15H2,1-2H3,(H,27,28). The number of nitrogens with one attached hydrogen (secondary N) is 2. The summed E-state index contributed by atoms with van der Waals surface area (Å²) in [6.07, 6.45) is 5.91. The van der Waals surface area contributed by atoms with E-state index in [-0.39, 0.29) is 0 Å². The minimum Gasteiger partial charge on any atom is -0.493 e. The first-order valence-electron chi connectivity index (χ1n) is 10.5. The lowest BCUT2D eigenvalue weighted by Gasteiger charge is -2.23. The van der Waals surface area contributed by atoms with Gasteiger partial charge in [-0.1, -0.05) is 13.8 Å². The van der Waals surface area contributed by atoms with E-state index in [0.717, 1.165) is 53.5 Å². The molecule has 6 heteroatoms. The molecule has 1 fully saturated rings. The van der Waals surface area contributed by atoms with Crippen LogP contribution in [-0.2, 0) is 0 Å². The average molecular weight is 392 g/mol. The number of pyridine rings is 1. The van der Waals surface area contributed by atoms with Crippen molar-refractivity contribution >= 4 is 16.9 Å². The highest BCUT2D eigenvalue weighted by Crippen LogP contribution is 2.27. The Kier molecular flexibility index (Phi) is 6.20. The zero-order valence-corrected chi connectivity index (χ0v) is 17.2. The number of aromatic nitrogens is 3. The first kappa shape index (κ1) is 19.6. The molecule has 0 amide bonds. The molecule has 0 bridgehead atoms. The smallest absolute Gasteiger partial charge is 0.154 e. The molecule has 29 heavy (non-hydrogen) atoms. The van der Waals surface area contributed by atoms with Gasteiger partial charge in [-0.15, -0.1) is 0 Å². The number of rotatable bonds is 7. The highest BCUT2D eigenvalue weighted by atomic mass is 16.5. The van der Waals surface area contributed by atoms with E-state index in [1.165, 1.54) is 12.8 Å². The van der Waals surface area contributed by atoms with Gasteiger partial charge in [0.15, 0.2) is 5.82 Å². The molecule has 0 radical (unpaired) electrons. The molecule has 3 aromatic rings. The number of benzene rings is 1. The van der Waals surface area contributed by atoms with Gasteiger partial charge in [0.2, 0.25) is 0 Å². The van der Waals surface area contributed by atoms with E-state index in [0.29, 0.717) is 18.4 Å². The summed E-state index contributed by atoms with van der Waals surface area (Å²) < 4.78 is 5.80. The Bertz CT molecular complexity index is 936. The van der Waals surface area contributed by atoms with Crippen molar-refractivity contribution in [3.8, 4) is 17.0 Å².